The van der Waals surface area contributed by atoms with Crippen LogP contribution in [0.1, 0.15) is 23.2 Å². The fourth-order valence-corrected chi connectivity index (χ4v) is 3.02. The zero-order valence-corrected chi connectivity index (χ0v) is 15.9. The van der Waals surface area contributed by atoms with Crippen LogP contribution in [0.25, 0.3) is 0 Å². The Labute approximate surface area is 156 Å². The molecule has 7 heteroatoms. The van der Waals surface area contributed by atoms with Gasteiger partial charge in [0.05, 0.1) is 11.0 Å². The molecule has 2 heterocycles. The van der Waals surface area contributed by atoms with Crippen LogP contribution in [0.2, 0.25) is 0 Å². The van der Waals surface area contributed by atoms with Gasteiger partial charge in [-0.3, -0.25) is 4.79 Å². The highest BCUT2D eigenvalue weighted by Gasteiger charge is 2.26. The average molecular weight is 405 g/mol. The smallest absolute Gasteiger partial charge is 0.316 e. The molecule has 2 aromatic rings. The maximum atomic E-state index is 12.7. The Hall–Kier alpha value is -2.15. The molecule has 1 aromatic heterocycles. The third kappa shape index (κ3) is 4.48. The van der Waals surface area contributed by atoms with Crippen molar-refractivity contribution in [2.75, 3.05) is 32.1 Å². The van der Waals surface area contributed by atoms with E-state index in [0.29, 0.717) is 18.1 Å². The van der Waals surface area contributed by atoms with Crippen molar-refractivity contribution in [3.63, 3.8) is 0 Å². The van der Waals surface area contributed by atoms with Crippen molar-refractivity contribution in [2.45, 2.75) is 18.9 Å². The Balaban J connectivity index is 1.63. The normalized spacial score (nSPS) is 17.2. The first kappa shape index (κ1) is 17.7. The molecule has 1 aromatic carbocycles. The number of amides is 1. The summed E-state index contributed by atoms with van der Waals surface area (Å²) in [6, 6.07) is 8.01. The van der Waals surface area contributed by atoms with Crippen molar-refractivity contribution in [1.82, 2.24) is 14.9 Å². The van der Waals surface area contributed by atoms with E-state index >= 15 is 0 Å². The Kier molecular flexibility index (Phi) is 5.53. The molecule has 1 amide bonds. The number of piperidine rings is 1. The van der Waals surface area contributed by atoms with Gasteiger partial charge in [0.2, 0.25) is 0 Å². The highest BCUT2D eigenvalue weighted by molar-refractivity contribution is 9.10. The van der Waals surface area contributed by atoms with E-state index in [9.17, 15) is 4.79 Å². The van der Waals surface area contributed by atoms with Gasteiger partial charge in [0, 0.05) is 44.3 Å². The third-order valence-corrected chi connectivity index (χ3v) is 4.57. The summed E-state index contributed by atoms with van der Waals surface area (Å²) in [5.41, 5.74) is 1.77. The molecule has 132 valence electrons. The van der Waals surface area contributed by atoms with E-state index in [-0.39, 0.29) is 12.0 Å². The summed E-state index contributed by atoms with van der Waals surface area (Å²) in [4.78, 5) is 24.9. The van der Waals surface area contributed by atoms with Gasteiger partial charge in [-0.2, -0.15) is 0 Å². The van der Waals surface area contributed by atoms with Crippen molar-refractivity contribution < 1.29 is 9.53 Å². The van der Waals surface area contributed by atoms with Crippen molar-refractivity contribution in [3.8, 4) is 6.01 Å². The van der Waals surface area contributed by atoms with Crippen LogP contribution in [0.5, 0.6) is 6.01 Å². The molecule has 6 nitrogen and oxygen atoms in total. The maximum absolute atomic E-state index is 12.7. The van der Waals surface area contributed by atoms with E-state index in [4.69, 9.17) is 4.74 Å². The van der Waals surface area contributed by atoms with Gasteiger partial charge >= 0.3 is 6.01 Å². The molecule has 1 atom stereocenters. The van der Waals surface area contributed by atoms with Crippen LogP contribution in [0.4, 0.5) is 5.69 Å². The molecular formula is C18H21BrN4O2. The zero-order chi connectivity index (χ0) is 17.8. The predicted octanol–water partition coefficient (Wildman–Crippen LogP) is 2.99. The van der Waals surface area contributed by atoms with Crippen LogP contribution in [0.15, 0.2) is 41.1 Å². The molecule has 3 rings (SSSR count). The van der Waals surface area contributed by atoms with E-state index in [1.165, 1.54) is 0 Å². The second-order valence-electron chi connectivity index (χ2n) is 6.26. The first-order valence-corrected chi connectivity index (χ1v) is 9.03. The van der Waals surface area contributed by atoms with Gasteiger partial charge in [0.1, 0.15) is 6.10 Å². The zero-order valence-electron chi connectivity index (χ0n) is 14.4. The summed E-state index contributed by atoms with van der Waals surface area (Å²) in [6.45, 7) is 1.29. The third-order valence-electron chi connectivity index (χ3n) is 4.16. The lowest BCUT2D eigenvalue weighted by Crippen LogP contribution is -2.44. The first-order chi connectivity index (χ1) is 12.0. The molecule has 0 spiro atoms. The molecule has 0 bridgehead atoms. The van der Waals surface area contributed by atoms with Crippen LogP contribution in [-0.2, 0) is 0 Å². The van der Waals surface area contributed by atoms with E-state index < -0.39 is 0 Å². The number of ether oxygens (including phenoxy) is 1. The fourth-order valence-electron chi connectivity index (χ4n) is 2.81. The Bertz CT molecular complexity index is 719. The minimum atomic E-state index is -0.0834. The van der Waals surface area contributed by atoms with E-state index in [0.717, 1.165) is 29.5 Å². The van der Waals surface area contributed by atoms with E-state index in [1.807, 2.05) is 48.2 Å². The van der Waals surface area contributed by atoms with Crippen LogP contribution in [0.3, 0.4) is 0 Å². The van der Waals surface area contributed by atoms with Gasteiger partial charge in [0.25, 0.3) is 5.91 Å². The largest absolute Gasteiger partial charge is 0.458 e. The van der Waals surface area contributed by atoms with E-state index in [1.54, 1.807) is 12.4 Å². The number of rotatable bonds is 4. The number of hydrogen-bond acceptors (Lipinski definition) is 5. The number of halogens is 1. The molecular weight excluding hydrogens is 384 g/mol. The van der Waals surface area contributed by atoms with Crippen molar-refractivity contribution in [3.05, 3.63) is 46.7 Å². The molecule has 0 radical (unpaired) electrons. The topological polar surface area (TPSA) is 58.6 Å². The molecule has 0 N–H and O–H groups in total. The number of benzene rings is 1. The Morgan fingerprint density at radius 3 is 2.56 bits per heavy atom. The molecule has 25 heavy (non-hydrogen) atoms. The Morgan fingerprint density at radius 1 is 1.24 bits per heavy atom. The molecule has 1 aliphatic heterocycles. The number of likely N-dealkylation sites (tertiary alicyclic amines) is 1. The number of anilines is 1. The lowest BCUT2D eigenvalue weighted by molar-refractivity contribution is 0.0515. The Morgan fingerprint density at radius 2 is 1.92 bits per heavy atom. The van der Waals surface area contributed by atoms with Crippen molar-refractivity contribution in [1.29, 1.82) is 0 Å². The summed E-state index contributed by atoms with van der Waals surface area (Å²) < 4.78 is 6.64. The summed E-state index contributed by atoms with van der Waals surface area (Å²) in [5, 5.41) is 0. The van der Waals surface area contributed by atoms with Gasteiger partial charge < -0.3 is 14.5 Å². The average Bonchev–Trinajstić information content (AvgIpc) is 2.63. The lowest BCUT2D eigenvalue weighted by Gasteiger charge is -2.32. The maximum Gasteiger partial charge on any atom is 0.316 e. The molecule has 1 aliphatic rings. The molecule has 0 aliphatic carbocycles. The SMILES string of the molecule is CN(C)c1ccc(C(=O)N2CCCC(Oc3ncc(Br)cn3)C2)cc1. The number of carbonyl (C=O) groups is 1. The predicted molar refractivity (Wildman–Crippen MR) is 100 cm³/mol. The monoisotopic (exact) mass is 404 g/mol. The fraction of sp³-hybridized carbons (Fsp3) is 0.389. The van der Waals surface area contributed by atoms with Crippen LogP contribution < -0.4 is 9.64 Å². The lowest BCUT2D eigenvalue weighted by atomic mass is 10.1. The van der Waals surface area contributed by atoms with E-state index in [2.05, 4.69) is 25.9 Å². The minimum Gasteiger partial charge on any atom is -0.458 e. The van der Waals surface area contributed by atoms with Crippen LogP contribution in [0, 0.1) is 0 Å². The summed E-state index contributed by atoms with van der Waals surface area (Å²) in [7, 11) is 3.96. The summed E-state index contributed by atoms with van der Waals surface area (Å²) in [6.07, 6.45) is 5.02. The molecule has 1 unspecified atom stereocenters. The second kappa shape index (κ2) is 7.82. The number of aromatic nitrogens is 2. The van der Waals surface area contributed by atoms with Gasteiger partial charge in [-0.25, -0.2) is 9.97 Å². The second-order valence-corrected chi connectivity index (χ2v) is 7.17. The van der Waals surface area contributed by atoms with Crippen molar-refractivity contribution >= 4 is 27.5 Å². The minimum absolute atomic E-state index is 0.0373. The van der Waals surface area contributed by atoms with Gasteiger partial charge in [-0.15, -0.1) is 0 Å². The summed E-state index contributed by atoms with van der Waals surface area (Å²) in [5.74, 6) is 0.0373. The molecule has 1 saturated heterocycles. The highest BCUT2D eigenvalue weighted by Crippen LogP contribution is 2.19. The summed E-state index contributed by atoms with van der Waals surface area (Å²) >= 11 is 3.30. The number of nitrogens with zero attached hydrogens (tertiary/aromatic N) is 4. The standard InChI is InChI=1S/C18H21BrN4O2/c1-22(2)15-7-5-13(6-8-15)17(24)23-9-3-4-16(12-23)25-18-20-10-14(19)11-21-18/h5-8,10-11,16H,3-4,9,12H2,1-2H3. The van der Waals surface area contributed by atoms with Gasteiger partial charge in [-0.05, 0) is 53.0 Å². The van der Waals surface area contributed by atoms with Gasteiger partial charge in [0.15, 0.2) is 0 Å². The number of carbonyl (C=O) groups excluding carboxylic acids is 1. The number of hydrogen-bond donors (Lipinski definition) is 0. The van der Waals surface area contributed by atoms with Gasteiger partial charge in [-0.1, -0.05) is 0 Å². The molecule has 0 saturated carbocycles. The molecule has 1 fully saturated rings. The van der Waals surface area contributed by atoms with Crippen LogP contribution in [-0.4, -0.2) is 54.1 Å². The quantitative estimate of drug-likeness (QED) is 0.783. The van der Waals surface area contributed by atoms with Crippen LogP contribution >= 0.6 is 15.9 Å². The van der Waals surface area contributed by atoms with Crippen molar-refractivity contribution in [2.24, 2.45) is 0 Å². The first-order valence-electron chi connectivity index (χ1n) is 8.24. The highest BCUT2D eigenvalue weighted by atomic mass is 79.9.